The fraction of sp³-hybridized carbons (Fsp3) is 0.333. The number of aromatic nitrogens is 1. The lowest BCUT2D eigenvalue weighted by molar-refractivity contribution is 0.310. The number of pyridine rings is 1. The van der Waals surface area contributed by atoms with Gasteiger partial charge in [0.2, 0.25) is 0 Å². The molecular weight excluding hydrogens is 304 g/mol. The zero-order valence-electron chi connectivity index (χ0n) is 14.4. The maximum Gasteiger partial charge on any atom is 0.191 e. The maximum atomic E-state index is 5.53. The Morgan fingerprint density at radius 3 is 2.62 bits per heavy atom. The van der Waals surface area contributed by atoms with Gasteiger partial charge in [-0.2, -0.15) is 0 Å². The van der Waals surface area contributed by atoms with E-state index in [0.717, 1.165) is 22.8 Å². The number of hydrogen-bond donors (Lipinski definition) is 2. The summed E-state index contributed by atoms with van der Waals surface area (Å²) in [6.45, 7) is 3.81. The van der Waals surface area contributed by atoms with Gasteiger partial charge in [-0.05, 0) is 36.8 Å². The van der Waals surface area contributed by atoms with Crippen LogP contribution >= 0.6 is 0 Å². The van der Waals surface area contributed by atoms with Gasteiger partial charge in [0.15, 0.2) is 17.5 Å². The Morgan fingerprint density at radius 1 is 1.12 bits per heavy atom. The molecule has 6 nitrogen and oxygen atoms in total. The second kappa shape index (κ2) is 9.39. The smallest absolute Gasteiger partial charge is 0.191 e. The van der Waals surface area contributed by atoms with Crippen LogP contribution in [0.15, 0.2) is 47.6 Å². The van der Waals surface area contributed by atoms with E-state index >= 15 is 0 Å². The van der Waals surface area contributed by atoms with Crippen LogP contribution in [0.25, 0.3) is 0 Å². The van der Waals surface area contributed by atoms with Gasteiger partial charge in [-0.1, -0.05) is 12.1 Å². The first kappa shape index (κ1) is 17.6. The lowest BCUT2D eigenvalue weighted by Crippen LogP contribution is -2.36. The molecule has 0 saturated heterocycles. The molecule has 0 radical (unpaired) electrons. The number of aliphatic imine (C=N–C) groups is 1. The van der Waals surface area contributed by atoms with Gasteiger partial charge in [0.05, 0.1) is 26.0 Å². The summed E-state index contributed by atoms with van der Waals surface area (Å²) in [4.78, 5) is 8.50. The predicted molar refractivity (Wildman–Crippen MR) is 95.4 cm³/mol. The van der Waals surface area contributed by atoms with Gasteiger partial charge >= 0.3 is 0 Å². The third-order valence-electron chi connectivity index (χ3n) is 3.37. The van der Waals surface area contributed by atoms with Gasteiger partial charge in [0.25, 0.3) is 0 Å². The summed E-state index contributed by atoms with van der Waals surface area (Å²) in [5, 5.41) is 6.51. The normalized spacial score (nSPS) is 11.0. The fourth-order valence-electron chi connectivity index (χ4n) is 2.18. The quantitative estimate of drug-likeness (QED) is 0.603. The number of nitrogens with one attached hydrogen (secondary N) is 2. The summed E-state index contributed by atoms with van der Waals surface area (Å²) in [6.07, 6.45) is 1.78. The highest BCUT2D eigenvalue weighted by Crippen LogP contribution is 2.27. The summed E-state index contributed by atoms with van der Waals surface area (Å²) >= 11 is 0. The van der Waals surface area contributed by atoms with Crippen molar-refractivity contribution in [2.24, 2.45) is 4.99 Å². The van der Waals surface area contributed by atoms with Gasteiger partial charge in [-0.15, -0.1) is 0 Å². The van der Waals surface area contributed by atoms with Crippen LogP contribution in [-0.2, 0) is 13.1 Å². The predicted octanol–water partition coefficient (Wildman–Crippen LogP) is 2.35. The van der Waals surface area contributed by atoms with E-state index < -0.39 is 0 Å². The van der Waals surface area contributed by atoms with Crippen molar-refractivity contribution in [3.63, 3.8) is 0 Å². The number of ether oxygens (including phenoxy) is 2. The Bertz CT molecular complexity index is 659. The van der Waals surface area contributed by atoms with E-state index in [-0.39, 0.29) is 0 Å². The Kier molecular flexibility index (Phi) is 6.89. The molecule has 0 aliphatic carbocycles. The van der Waals surface area contributed by atoms with Crippen molar-refractivity contribution in [3.05, 3.63) is 53.9 Å². The molecule has 2 rings (SSSR count). The summed E-state index contributed by atoms with van der Waals surface area (Å²) in [7, 11) is 3.38. The third kappa shape index (κ3) is 5.15. The lowest BCUT2D eigenvalue weighted by atomic mass is 10.2. The minimum Gasteiger partial charge on any atom is -0.493 e. The number of hydrogen-bond acceptors (Lipinski definition) is 4. The van der Waals surface area contributed by atoms with Crippen molar-refractivity contribution >= 4 is 5.96 Å². The van der Waals surface area contributed by atoms with E-state index in [4.69, 9.17) is 9.47 Å². The zero-order valence-corrected chi connectivity index (χ0v) is 14.4. The van der Waals surface area contributed by atoms with Crippen LogP contribution in [0.2, 0.25) is 0 Å². The molecule has 0 saturated carbocycles. The standard InChI is InChI=1S/C18H24N4O2/c1-4-24-16-9-8-14(11-17(16)23-3)12-21-18(19-2)22-13-15-7-5-6-10-20-15/h5-11H,4,12-13H2,1-3H3,(H2,19,21,22). The van der Waals surface area contributed by atoms with Crippen molar-refractivity contribution in [2.75, 3.05) is 20.8 Å². The monoisotopic (exact) mass is 328 g/mol. The van der Waals surface area contributed by atoms with E-state index in [1.54, 1.807) is 20.4 Å². The van der Waals surface area contributed by atoms with Crippen LogP contribution in [0.5, 0.6) is 11.5 Å². The van der Waals surface area contributed by atoms with Gasteiger partial charge < -0.3 is 20.1 Å². The Labute approximate surface area is 142 Å². The molecule has 2 aromatic rings. The number of benzene rings is 1. The molecule has 0 aliphatic heterocycles. The zero-order chi connectivity index (χ0) is 17.2. The largest absolute Gasteiger partial charge is 0.493 e. The molecule has 0 amide bonds. The molecule has 0 spiro atoms. The Balaban J connectivity index is 1.91. The molecular formula is C18H24N4O2. The summed E-state index contributed by atoms with van der Waals surface area (Å²) in [5.74, 6) is 2.20. The molecule has 6 heteroatoms. The molecule has 0 bridgehead atoms. The minimum atomic E-state index is 0.609. The van der Waals surface area contributed by atoms with Crippen LogP contribution in [0.1, 0.15) is 18.2 Å². The molecule has 2 N–H and O–H groups in total. The molecule has 0 fully saturated rings. The lowest BCUT2D eigenvalue weighted by Gasteiger charge is -2.14. The average molecular weight is 328 g/mol. The van der Waals surface area contributed by atoms with Crippen molar-refractivity contribution in [3.8, 4) is 11.5 Å². The van der Waals surface area contributed by atoms with E-state index in [2.05, 4.69) is 20.6 Å². The minimum absolute atomic E-state index is 0.609. The molecule has 1 aromatic heterocycles. The van der Waals surface area contributed by atoms with Crippen molar-refractivity contribution in [1.29, 1.82) is 0 Å². The van der Waals surface area contributed by atoms with Crippen LogP contribution < -0.4 is 20.1 Å². The number of methoxy groups -OCH3 is 1. The second-order valence-corrected chi connectivity index (χ2v) is 5.02. The highest BCUT2D eigenvalue weighted by Gasteiger charge is 2.06. The van der Waals surface area contributed by atoms with Crippen molar-refractivity contribution < 1.29 is 9.47 Å². The summed E-state index contributed by atoms with van der Waals surface area (Å²) in [5.41, 5.74) is 2.04. The summed E-state index contributed by atoms with van der Waals surface area (Å²) in [6, 6.07) is 11.7. The van der Waals surface area contributed by atoms with Crippen LogP contribution in [0.3, 0.4) is 0 Å². The number of nitrogens with zero attached hydrogens (tertiary/aromatic N) is 2. The van der Waals surface area contributed by atoms with Gasteiger partial charge in [0, 0.05) is 19.8 Å². The molecule has 1 aromatic carbocycles. The first-order valence-corrected chi connectivity index (χ1v) is 7.91. The number of guanidine groups is 1. The van der Waals surface area contributed by atoms with E-state index in [9.17, 15) is 0 Å². The van der Waals surface area contributed by atoms with Gasteiger partial charge in [0.1, 0.15) is 0 Å². The molecule has 0 unspecified atom stereocenters. The SMILES string of the molecule is CCOc1ccc(CNC(=NC)NCc2ccccn2)cc1OC. The highest BCUT2D eigenvalue weighted by atomic mass is 16.5. The first-order chi connectivity index (χ1) is 11.8. The van der Waals surface area contributed by atoms with Gasteiger partial charge in [-0.3, -0.25) is 9.98 Å². The average Bonchev–Trinajstić information content (AvgIpc) is 2.64. The number of rotatable bonds is 7. The molecule has 24 heavy (non-hydrogen) atoms. The van der Waals surface area contributed by atoms with Crippen LogP contribution in [-0.4, -0.2) is 31.7 Å². The van der Waals surface area contributed by atoms with Gasteiger partial charge in [-0.25, -0.2) is 0 Å². The Hall–Kier alpha value is -2.76. The van der Waals surface area contributed by atoms with E-state index in [0.29, 0.717) is 25.7 Å². The first-order valence-electron chi connectivity index (χ1n) is 7.91. The highest BCUT2D eigenvalue weighted by molar-refractivity contribution is 5.79. The topological polar surface area (TPSA) is 67.8 Å². The van der Waals surface area contributed by atoms with Crippen LogP contribution in [0, 0.1) is 0 Å². The third-order valence-corrected chi connectivity index (χ3v) is 3.37. The molecule has 1 heterocycles. The Morgan fingerprint density at radius 2 is 1.96 bits per heavy atom. The van der Waals surface area contributed by atoms with E-state index in [1.807, 2.05) is 43.3 Å². The molecule has 0 atom stereocenters. The van der Waals surface area contributed by atoms with E-state index in [1.165, 1.54) is 0 Å². The second-order valence-electron chi connectivity index (χ2n) is 5.02. The molecule has 128 valence electrons. The van der Waals surface area contributed by atoms with Crippen LogP contribution in [0.4, 0.5) is 0 Å². The van der Waals surface area contributed by atoms with Crippen molar-refractivity contribution in [1.82, 2.24) is 15.6 Å². The van der Waals surface area contributed by atoms with Crippen molar-refractivity contribution in [2.45, 2.75) is 20.0 Å². The molecule has 0 aliphatic rings. The summed E-state index contributed by atoms with van der Waals surface area (Å²) < 4.78 is 10.9. The maximum absolute atomic E-state index is 5.53. The fourth-order valence-corrected chi connectivity index (χ4v) is 2.18.